The number of phenols is 1. The number of benzene rings is 2. The van der Waals surface area contributed by atoms with Gasteiger partial charge in [-0.15, -0.1) is 0 Å². The number of carbonyl (C=O) groups excluding carboxylic acids is 3. The zero-order valence-corrected chi connectivity index (χ0v) is 22.7. The second-order valence-corrected chi connectivity index (χ2v) is 10.3. The fraction of sp³-hybridized carbons (Fsp3) is 0.483. The van der Waals surface area contributed by atoms with E-state index in [1.165, 1.54) is 17.1 Å². The standard InChI is InChI=1S/C29H38FN5O4/c1-3-4-5-6-7-16-33-19-26-34(25(28(33)38)17-21-10-14-24(36)15-11-21)27(37)20-32(2)35(26)29(39)31-18-22-8-12-23(30)13-9-22/h8-15,25-26,36H,3-7,16-20H2,1-2H3,(H,31,39)/t25-,26?/m0/s1. The molecule has 2 atom stereocenters. The first-order chi connectivity index (χ1) is 18.8. The molecule has 39 heavy (non-hydrogen) atoms. The van der Waals surface area contributed by atoms with Gasteiger partial charge in [0, 0.05) is 26.6 Å². The van der Waals surface area contributed by atoms with Crippen molar-refractivity contribution in [1.82, 2.24) is 25.1 Å². The molecule has 2 aliphatic rings. The van der Waals surface area contributed by atoms with Gasteiger partial charge >= 0.3 is 6.03 Å². The van der Waals surface area contributed by atoms with Crippen molar-refractivity contribution in [3.63, 3.8) is 0 Å². The predicted molar refractivity (Wildman–Crippen MR) is 145 cm³/mol. The molecule has 2 saturated heterocycles. The number of hydrazine groups is 1. The number of likely N-dealkylation sites (N-methyl/N-ethyl adjacent to an activating group) is 1. The normalized spacial score (nSPS) is 19.8. The monoisotopic (exact) mass is 539 g/mol. The zero-order valence-electron chi connectivity index (χ0n) is 22.7. The molecule has 4 rings (SSSR count). The highest BCUT2D eigenvalue weighted by molar-refractivity contribution is 5.91. The third-order valence-electron chi connectivity index (χ3n) is 7.40. The first kappa shape index (κ1) is 28.4. The Morgan fingerprint density at radius 1 is 1.00 bits per heavy atom. The summed E-state index contributed by atoms with van der Waals surface area (Å²) in [5, 5.41) is 15.7. The Balaban J connectivity index is 1.56. The molecule has 0 spiro atoms. The number of hydrogen-bond donors (Lipinski definition) is 2. The zero-order chi connectivity index (χ0) is 27.9. The van der Waals surface area contributed by atoms with Gasteiger partial charge in [-0.1, -0.05) is 56.9 Å². The van der Waals surface area contributed by atoms with E-state index in [-0.39, 0.29) is 49.4 Å². The van der Waals surface area contributed by atoms with E-state index in [2.05, 4.69) is 12.2 Å². The van der Waals surface area contributed by atoms with Crippen LogP contribution in [0.25, 0.3) is 0 Å². The van der Waals surface area contributed by atoms with Gasteiger partial charge in [0.05, 0.1) is 13.1 Å². The van der Waals surface area contributed by atoms with Gasteiger partial charge < -0.3 is 20.2 Å². The van der Waals surface area contributed by atoms with Crippen LogP contribution in [0, 0.1) is 5.82 Å². The molecule has 0 radical (unpaired) electrons. The average molecular weight is 540 g/mol. The lowest BCUT2D eigenvalue weighted by molar-refractivity contribution is -0.186. The quantitative estimate of drug-likeness (QED) is 0.451. The third kappa shape index (κ3) is 6.86. The van der Waals surface area contributed by atoms with Crippen LogP contribution in [0.4, 0.5) is 9.18 Å². The van der Waals surface area contributed by atoms with Crippen molar-refractivity contribution in [1.29, 1.82) is 0 Å². The van der Waals surface area contributed by atoms with Crippen molar-refractivity contribution in [2.75, 3.05) is 26.7 Å². The van der Waals surface area contributed by atoms with Crippen molar-refractivity contribution in [2.24, 2.45) is 0 Å². The molecule has 10 heteroatoms. The first-order valence-electron chi connectivity index (χ1n) is 13.7. The van der Waals surface area contributed by atoms with Gasteiger partial charge in [0.25, 0.3) is 0 Å². The van der Waals surface area contributed by atoms with Crippen molar-refractivity contribution < 1.29 is 23.9 Å². The van der Waals surface area contributed by atoms with E-state index in [0.717, 1.165) is 43.2 Å². The molecule has 2 N–H and O–H groups in total. The molecule has 0 bridgehead atoms. The number of rotatable bonds is 10. The minimum atomic E-state index is -0.766. The maximum absolute atomic E-state index is 13.7. The number of urea groups is 1. The number of unbranched alkanes of at least 4 members (excludes halogenated alkanes) is 4. The molecule has 2 heterocycles. The highest BCUT2D eigenvalue weighted by Gasteiger charge is 2.50. The Kier molecular flexibility index (Phi) is 9.40. The molecular weight excluding hydrogens is 501 g/mol. The summed E-state index contributed by atoms with van der Waals surface area (Å²) in [6.45, 7) is 3.08. The number of nitrogens with one attached hydrogen (secondary N) is 1. The molecule has 210 valence electrons. The molecule has 4 amide bonds. The number of nitrogens with zero attached hydrogens (tertiary/aromatic N) is 4. The van der Waals surface area contributed by atoms with E-state index in [1.807, 2.05) is 0 Å². The van der Waals surface area contributed by atoms with Crippen LogP contribution >= 0.6 is 0 Å². The highest BCUT2D eigenvalue weighted by atomic mass is 19.1. The summed E-state index contributed by atoms with van der Waals surface area (Å²) in [5.41, 5.74) is 1.56. The summed E-state index contributed by atoms with van der Waals surface area (Å²) in [5.74, 6) is -0.569. The van der Waals surface area contributed by atoms with Gasteiger partial charge in [-0.3, -0.25) is 9.59 Å². The van der Waals surface area contributed by atoms with Crippen LogP contribution in [0.15, 0.2) is 48.5 Å². The molecule has 0 aliphatic carbocycles. The molecule has 0 aromatic heterocycles. The Hall–Kier alpha value is -3.66. The molecule has 1 unspecified atom stereocenters. The largest absolute Gasteiger partial charge is 0.508 e. The van der Waals surface area contributed by atoms with E-state index in [4.69, 9.17) is 0 Å². The Morgan fingerprint density at radius 3 is 2.36 bits per heavy atom. The third-order valence-corrected chi connectivity index (χ3v) is 7.40. The number of fused-ring (bicyclic) bond motifs is 1. The summed E-state index contributed by atoms with van der Waals surface area (Å²) in [4.78, 5) is 43.9. The van der Waals surface area contributed by atoms with Crippen LogP contribution in [0.5, 0.6) is 5.75 Å². The Morgan fingerprint density at radius 2 is 1.67 bits per heavy atom. The first-order valence-corrected chi connectivity index (χ1v) is 13.7. The summed E-state index contributed by atoms with van der Waals surface area (Å²) >= 11 is 0. The summed E-state index contributed by atoms with van der Waals surface area (Å²) in [6.07, 6.45) is 4.85. The minimum absolute atomic E-state index is 0.0448. The van der Waals surface area contributed by atoms with E-state index in [0.29, 0.717) is 6.54 Å². The van der Waals surface area contributed by atoms with Crippen LogP contribution in [0.1, 0.15) is 50.2 Å². The van der Waals surface area contributed by atoms with Crippen LogP contribution in [0.3, 0.4) is 0 Å². The van der Waals surface area contributed by atoms with Crippen LogP contribution < -0.4 is 5.32 Å². The smallest absolute Gasteiger partial charge is 0.334 e. The number of aromatic hydroxyl groups is 1. The van der Waals surface area contributed by atoms with Crippen molar-refractivity contribution in [3.8, 4) is 5.75 Å². The second-order valence-electron chi connectivity index (χ2n) is 10.3. The molecule has 2 aliphatic heterocycles. The molecular formula is C29H38FN5O4. The van der Waals surface area contributed by atoms with E-state index in [9.17, 15) is 23.9 Å². The highest BCUT2D eigenvalue weighted by Crippen LogP contribution is 2.28. The number of amides is 4. The lowest BCUT2D eigenvalue weighted by Gasteiger charge is -2.54. The van der Waals surface area contributed by atoms with Gasteiger partial charge in [-0.05, 0) is 41.8 Å². The Bertz CT molecular complexity index is 1140. The van der Waals surface area contributed by atoms with Crippen molar-refractivity contribution >= 4 is 17.8 Å². The van der Waals surface area contributed by atoms with Gasteiger partial charge in [-0.25, -0.2) is 19.2 Å². The fourth-order valence-corrected chi connectivity index (χ4v) is 5.33. The van der Waals surface area contributed by atoms with Crippen molar-refractivity contribution in [3.05, 3.63) is 65.5 Å². The summed E-state index contributed by atoms with van der Waals surface area (Å²) in [6, 6.07) is 11.4. The molecule has 2 aromatic rings. The molecule has 9 nitrogen and oxygen atoms in total. The van der Waals surface area contributed by atoms with Crippen LogP contribution in [0.2, 0.25) is 0 Å². The summed E-state index contributed by atoms with van der Waals surface area (Å²) in [7, 11) is 1.69. The minimum Gasteiger partial charge on any atom is -0.508 e. The predicted octanol–water partition coefficient (Wildman–Crippen LogP) is 3.48. The van der Waals surface area contributed by atoms with Gasteiger partial charge in [0.15, 0.2) is 0 Å². The number of hydrogen-bond acceptors (Lipinski definition) is 5. The van der Waals surface area contributed by atoms with Gasteiger partial charge in [0.2, 0.25) is 11.8 Å². The number of carbonyl (C=O) groups is 3. The molecule has 2 fully saturated rings. The fourth-order valence-electron chi connectivity index (χ4n) is 5.33. The Labute approximate surface area is 229 Å². The lowest BCUT2D eigenvalue weighted by atomic mass is 9.98. The number of halogens is 1. The van der Waals surface area contributed by atoms with E-state index >= 15 is 0 Å². The maximum Gasteiger partial charge on any atom is 0.334 e. The molecule has 2 aromatic carbocycles. The van der Waals surface area contributed by atoms with Crippen LogP contribution in [-0.4, -0.2) is 81.7 Å². The molecule has 0 saturated carbocycles. The summed E-state index contributed by atoms with van der Waals surface area (Å²) < 4.78 is 13.3. The van der Waals surface area contributed by atoms with Gasteiger partial charge in [0.1, 0.15) is 23.8 Å². The number of piperazine rings is 1. The number of phenolic OH excluding ortho intramolecular Hbond substituents is 1. The van der Waals surface area contributed by atoms with Crippen molar-refractivity contribution in [2.45, 2.75) is 64.2 Å². The lowest BCUT2D eigenvalue weighted by Crippen LogP contribution is -2.76. The van der Waals surface area contributed by atoms with E-state index in [1.54, 1.807) is 58.3 Å². The van der Waals surface area contributed by atoms with E-state index < -0.39 is 18.2 Å². The SMILES string of the molecule is CCCCCCCN1CC2N(C(=O)CN(C)N2C(=O)NCc2ccc(F)cc2)[C@@H](Cc2ccc(O)cc2)C1=O. The van der Waals surface area contributed by atoms with Gasteiger partial charge in [-0.2, -0.15) is 0 Å². The average Bonchev–Trinajstić information content (AvgIpc) is 2.91. The second kappa shape index (κ2) is 12.9. The topological polar surface area (TPSA) is 96.4 Å². The maximum atomic E-state index is 13.7. The van der Waals surface area contributed by atoms with Crippen LogP contribution in [-0.2, 0) is 22.6 Å².